The smallest absolute Gasteiger partial charge is 0.347 e. The van der Waals surface area contributed by atoms with Crippen LogP contribution in [0, 0.1) is 0 Å². The summed E-state index contributed by atoms with van der Waals surface area (Å²) >= 11 is 0. The summed E-state index contributed by atoms with van der Waals surface area (Å²) in [7, 11) is 0. The van der Waals surface area contributed by atoms with Crippen LogP contribution < -0.4 is 4.74 Å². The van der Waals surface area contributed by atoms with Crippen LogP contribution in [0.1, 0.15) is 57.9 Å². The van der Waals surface area contributed by atoms with Crippen LogP contribution in [-0.4, -0.2) is 23.8 Å². The molecule has 124 valence electrons. The summed E-state index contributed by atoms with van der Waals surface area (Å²) < 4.78 is 10.8. The fraction of sp³-hybridized carbons (Fsp3) is 0.611. The number of carbonyl (C=O) groups excluding carboxylic acids is 1. The van der Waals surface area contributed by atoms with Crippen LogP contribution in [0.2, 0.25) is 0 Å². The van der Waals surface area contributed by atoms with E-state index in [9.17, 15) is 4.79 Å². The maximum atomic E-state index is 11.8. The first-order valence-corrected chi connectivity index (χ1v) is 8.20. The summed E-state index contributed by atoms with van der Waals surface area (Å²) in [5, 5.41) is 8.97. The summed E-state index contributed by atoms with van der Waals surface area (Å²) in [5.41, 5.74) is 0.811. The molecule has 0 spiro atoms. The molecule has 0 heterocycles. The first-order valence-electron chi connectivity index (χ1n) is 8.20. The Kier molecular flexibility index (Phi) is 9.31. The number of aliphatic hydroxyl groups is 1. The average molecular weight is 308 g/mol. The van der Waals surface area contributed by atoms with Gasteiger partial charge in [-0.25, -0.2) is 4.79 Å². The highest BCUT2D eigenvalue weighted by atomic mass is 16.6. The molecular formula is C18H28O4. The standard InChI is InChI=1S/C18H28O4/c1-3-4-5-6-7-8-13-21-18(20)15(2)22-17-11-9-16(14-19)10-12-17/h9-12,15,19H,3-8,13-14H2,1-2H3. The SMILES string of the molecule is CCCCCCCCOC(=O)C(C)Oc1ccc(CO)cc1. The molecule has 1 N–H and O–H groups in total. The second-order valence-corrected chi connectivity index (χ2v) is 5.50. The van der Waals surface area contributed by atoms with Crippen molar-refractivity contribution in [1.82, 2.24) is 0 Å². The third-order valence-corrected chi connectivity index (χ3v) is 3.49. The molecule has 0 saturated carbocycles. The lowest BCUT2D eigenvalue weighted by atomic mass is 10.1. The minimum Gasteiger partial charge on any atom is -0.479 e. The van der Waals surface area contributed by atoms with Gasteiger partial charge in [-0.1, -0.05) is 51.2 Å². The second-order valence-electron chi connectivity index (χ2n) is 5.50. The van der Waals surface area contributed by atoms with E-state index in [1.54, 1.807) is 31.2 Å². The van der Waals surface area contributed by atoms with Gasteiger partial charge in [-0.3, -0.25) is 0 Å². The van der Waals surface area contributed by atoms with Crippen LogP contribution in [0.5, 0.6) is 5.75 Å². The highest BCUT2D eigenvalue weighted by molar-refractivity contribution is 5.74. The topological polar surface area (TPSA) is 55.8 Å². The van der Waals surface area contributed by atoms with Crippen LogP contribution >= 0.6 is 0 Å². The van der Waals surface area contributed by atoms with Crippen molar-refractivity contribution < 1.29 is 19.4 Å². The first-order chi connectivity index (χ1) is 10.7. The lowest BCUT2D eigenvalue weighted by molar-refractivity contribution is -0.151. The predicted molar refractivity (Wildman–Crippen MR) is 86.8 cm³/mol. The minimum absolute atomic E-state index is 0.00384. The molecule has 1 aromatic rings. The zero-order valence-electron chi connectivity index (χ0n) is 13.7. The van der Waals surface area contributed by atoms with Gasteiger partial charge in [-0.05, 0) is 31.0 Å². The Morgan fingerprint density at radius 2 is 1.73 bits per heavy atom. The molecule has 1 aromatic carbocycles. The van der Waals surface area contributed by atoms with Crippen molar-refractivity contribution in [3.8, 4) is 5.75 Å². The number of hydrogen-bond donors (Lipinski definition) is 1. The van der Waals surface area contributed by atoms with Gasteiger partial charge in [0.2, 0.25) is 0 Å². The molecule has 22 heavy (non-hydrogen) atoms. The van der Waals surface area contributed by atoms with E-state index in [-0.39, 0.29) is 12.6 Å². The summed E-state index contributed by atoms with van der Waals surface area (Å²) in [6.07, 6.45) is 6.36. The van der Waals surface area contributed by atoms with Gasteiger partial charge in [0.25, 0.3) is 0 Å². The van der Waals surface area contributed by atoms with E-state index in [4.69, 9.17) is 14.6 Å². The molecule has 4 heteroatoms. The zero-order chi connectivity index (χ0) is 16.2. The monoisotopic (exact) mass is 308 g/mol. The van der Waals surface area contributed by atoms with E-state index < -0.39 is 6.10 Å². The van der Waals surface area contributed by atoms with Crippen molar-refractivity contribution in [2.45, 2.75) is 65.1 Å². The molecule has 0 aliphatic carbocycles. The molecule has 1 unspecified atom stereocenters. The Bertz CT molecular complexity index is 414. The maximum Gasteiger partial charge on any atom is 0.347 e. The third-order valence-electron chi connectivity index (χ3n) is 3.49. The molecule has 0 aliphatic heterocycles. The molecule has 0 bridgehead atoms. The van der Waals surface area contributed by atoms with Crippen LogP contribution in [0.15, 0.2) is 24.3 Å². The van der Waals surface area contributed by atoms with Crippen molar-refractivity contribution in [2.24, 2.45) is 0 Å². The molecule has 4 nitrogen and oxygen atoms in total. The Balaban J connectivity index is 2.18. The maximum absolute atomic E-state index is 11.8. The Hall–Kier alpha value is -1.55. The first kappa shape index (κ1) is 18.5. The molecule has 0 saturated heterocycles. The van der Waals surface area contributed by atoms with E-state index in [0.29, 0.717) is 12.4 Å². The third kappa shape index (κ3) is 7.46. The van der Waals surface area contributed by atoms with Gasteiger partial charge >= 0.3 is 5.97 Å². The fourth-order valence-corrected chi connectivity index (χ4v) is 2.10. The highest BCUT2D eigenvalue weighted by Crippen LogP contribution is 2.14. The van der Waals surface area contributed by atoms with Crippen LogP contribution in [0.25, 0.3) is 0 Å². The Labute approximate surface area is 133 Å². The number of aliphatic hydroxyl groups excluding tert-OH is 1. The molecule has 0 fully saturated rings. The van der Waals surface area contributed by atoms with Crippen molar-refractivity contribution in [3.05, 3.63) is 29.8 Å². The number of ether oxygens (including phenoxy) is 2. The number of esters is 1. The number of rotatable bonds is 11. The lowest BCUT2D eigenvalue weighted by Gasteiger charge is -2.14. The Morgan fingerprint density at radius 3 is 2.36 bits per heavy atom. The summed E-state index contributed by atoms with van der Waals surface area (Å²) in [4.78, 5) is 11.8. The van der Waals surface area contributed by atoms with Gasteiger partial charge < -0.3 is 14.6 Å². The number of unbranched alkanes of at least 4 members (excludes halogenated alkanes) is 5. The van der Waals surface area contributed by atoms with Gasteiger partial charge in [0.1, 0.15) is 5.75 Å². The van der Waals surface area contributed by atoms with Gasteiger partial charge in [0.05, 0.1) is 13.2 Å². The van der Waals surface area contributed by atoms with Gasteiger partial charge in [-0.2, -0.15) is 0 Å². The van der Waals surface area contributed by atoms with Crippen LogP contribution in [-0.2, 0) is 16.1 Å². The van der Waals surface area contributed by atoms with Crippen LogP contribution in [0.4, 0.5) is 0 Å². The van der Waals surface area contributed by atoms with E-state index in [0.717, 1.165) is 18.4 Å². The van der Waals surface area contributed by atoms with Crippen LogP contribution in [0.3, 0.4) is 0 Å². The summed E-state index contributed by atoms with van der Waals surface area (Å²) in [6, 6.07) is 7.01. The fourth-order valence-electron chi connectivity index (χ4n) is 2.10. The number of benzene rings is 1. The van der Waals surface area contributed by atoms with Gasteiger partial charge in [0.15, 0.2) is 6.10 Å². The molecule has 0 radical (unpaired) electrons. The van der Waals surface area contributed by atoms with E-state index in [1.807, 2.05) is 0 Å². The number of hydrogen-bond acceptors (Lipinski definition) is 4. The molecular weight excluding hydrogens is 280 g/mol. The quantitative estimate of drug-likeness (QED) is 0.498. The molecule has 0 aromatic heterocycles. The van der Waals surface area contributed by atoms with Crippen molar-refractivity contribution in [2.75, 3.05) is 6.61 Å². The highest BCUT2D eigenvalue weighted by Gasteiger charge is 2.16. The van der Waals surface area contributed by atoms with E-state index >= 15 is 0 Å². The lowest BCUT2D eigenvalue weighted by Crippen LogP contribution is -2.26. The molecule has 1 atom stereocenters. The van der Waals surface area contributed by atoms with Crippen molar-refractivity contribution in [3.63, 3.8) is 0 Å². The van der Waals surface area contributed by atoms with E-state index in [1.165, 1.54) is 25.7 Å². The Morgan fingerprint density at radius 1 is 1.09 bits per heavy atom. The largest absolute Gasteiger partial charge is 0.479 e. The van der Waals surface area contributed by atoms with Crippen molar-refractivity contribution in [1.29, 1.82) is 0 Å². The van der Waals surface area contributed by atoms with Gasteiger partial charge in [0, 0.05) is 0 Å². The number of carbonyl (C=O) groups is 1. The molecule has 1 rings (SSSR count). The minimum atomic E-state index is -0.625. The second kappa shape index (κ2) is 11.1. The summed E-state index contributed by atoms with van der Waals surface area (Å²) in [6.45, 7) is 4.34. The van der Waals surface area contributed by atoms with E-state index in [2.05, 4.69) is 6.92 Å². The predicted octanol–water partition coefficient (Wildman–Crippen LogP) is 3.85. The summed E-state index contributed by atoms with van der Waals surface area (Å²) in [5.74, 6) is 0.265. The normalized spacial score (nSPS) is 12.0. The average Bonchev–Trinajstić information content (AvgIpc) is 2.54. The molecule has 0 aliphatic rings. The van der Waals surface area contributed by atoms with Crippen molar-refractivity contribution >= 4 is 5.97 Å². The van der Waals surface area contributed by atoms with Gasteiger partial charge in [-0.15, -0.1) is 0 Å². The molecule has 0 amide bonds. The zero-order valence-corrected chi connectivity index (χ0v) is 13.7.